The molecule has 1 unspecified atom stereocenters. The highest BCUT2D eigenvalue weighted by atomic mass is 35.5. The number of hydrogen-bond acceptors (Lipinski definition) is 8. The summed E-state index contributed by atoms with van der Waals surface area (Å²) in [5, 5.41) is 14.1. The number of halogens is 1. The quantitative estimate of drug-likeness (QED) is 0.107. The van der Waals surface area contributed by atoms with Gasteiger partial charge in [-0.05, 0) is 74.4 Å². The topological polar surface area (TPSA) is 132 Å². The molecule has 276 valence electrons. The van der Waals surface area contributed by atoms with Gasteiger partial charge < -0.3 is 19.9 Å². The van der Waals surface area contributed by atoms with Gasteiger partial charge >= 0.3 is 0 Å². The van der Waals surface area contributed by atoms with Crippen molar-refractivity contribution in [2.24, 2.45) is 17.5 Å². The molecule has 0 spiro atoms. The first kappa shape index (κ1) is 38.9. The number of nitrogens with zero attached hydrogens (tertiary/aromatic N) is 5. The lowest BCUT2D eigenvalue weighted by molar-refractivity contribution is -0.135. The number of aromatic nitrogens is 4. The van der Waals surface area contributed by atoms with E-state index in [-0.39, 0.29) is 28.8 Å². The molecule has 0 aliphatic rings. The van der Waals surface area contributed by atoms with E-state index in [1.54, 1.807) is 74.6 Å². The Bertz CT molecular complexity index is 2340. The molecule has 0 radical (unpaired) electrons. The number of ether oxygens (including phenoxy) is 1. The molecular weight excluding hydrogens is 710 g/mol. The van der Waals surface area contributed by atoms with Gasteiger partial charge in [-0.2, -0.15) is 0 Å². The summed E-state index contributed by atoms with van der Waals surface area (Å²) in [7, 11) is 3.87. The lowest BCUT2D eigenvalue weighted by Gasteiger charge is -2.24. The molecule has 1 atom stereocenters. The van der Waals surface area contributed by atoms with Gasteiger partial charge in [0.2, 0.25) is 5.91 Å². The molecule has 53 heavy (non-hydrogen) atoms. The Kier molecular flexibility index (Phi) is 12.5. The van der Waals surface area contributed by atoms with Crippen molar-refractivity contribution in [3.63, 3.8) is 0 Å². The van der Waals surface area contributed by atoms with E-state index in [0.29, 0.717) is 29.7 Å². The minimum atomic E-state index is -1.28. The van der Waals surface area contributed by atoms with Crippen LogP contribution < -0.4 is 20.2 Å². The lowest BCUT2D eigenvalue weighted by Crippen LogP contribution is -2.39. The Morgan fingerprint density at radius 2 is 1.66 bits per heavy atom. The zero-order valence-corrected chi connectivity index (χ0v) is 32.5. The van der Waals surface area contributed by atoms with Crippen molar-refractivity contribution in [3.05, 3.63) is 106 Å². The Morgan fingerprint density at radius 3 is 2.36 bits per heavy atom. The normalized spacial score (nSPS) is 12.3. The number of Topliss-reactive ketones (excluding diaryl/α,β-unsaturated/α-hetero) is 1. The Labute approximate surface area is 317 Å². The summed E-state index contributed by atoms with van der Waals surface area (Å²) < 4.78 is 10.5. The van der Waals surface area contributed by atoms with Crippen LogP contribution in [-0.2, 0) is 21.4 Å². The fraction of sp³-hybridized carbons (Fsp3) is 0.300. The number of rotatable bonds is 10. The highest BCUT2D eigenvalue weighted by Crippen LogP contribution is 2.30. The molecule has 0 saturated carbocycles. The third-order valence-corrected chi connectivity index (χ3v) is 9.94. The summed E-state index contributed by atoms with van der Waals surface area (Å²) >= 11 is 8.11. The predicted molar refractivity (Wildman–Crippen MR) is 213 cm³/mol. The second kappa shape index (κ2) is 17.0. The smallest absolute Gasteiger partial charge is 0.257 e. The monoisotopic (exact) mass is 753 g/mol. The summed E-state index contributed by atoms with van der Waals surface area (Å²) in [5.74, 6) is -0.358. The first-order valence-electron chi connectivity index (χ1n) is 17.2. The van der Waals surface area contributed by atoms with E-state index in [1.807, 2.05) is 46.1 Å². The van der Waals surface area contributed by atoms with Gasteiger partial charge in [0.05, 0.1) is 33.1 Å². The van der Waals surface area contributed by atoms with Crippen LogP contribution in [0.4, 0.5) is 11.4 Å². The summed E-state index contributed by atoms with van der Waals surface area (Å²) in [5.41, 5.74) is 4.45. The van der Waals surface area contributed by atoms with Gasteiger partial charge in [0.15, 0.2) is 16.6 Å². The van der Waals surface area contributed by atoms with Crippen LogP contribution in [0.2, 0.25) is 5.02 Å². The van der Waals surface area contributed by atoms with E-state index in [4.69, 9.17) is 16.3 Å². The number of amides is 2. The van der Waals surface area contributed by atoms with Crippen LogP contribution in [0.25, 0.3) is 21.3 Å². The van der Waals surface area contributed by atoms with E-state index in [1.165, 1.54) is 14.9 Å². The Morgan fingerprint density at radius 1 is 0.943 bits per heavy atom. The Balaban J connectivity index is 0.000000378. The van der Waals surface area contributed by atoms with Crippen molar-refractivity contribution in [3.8, 4) is 5.75 Å². The third kappa shape index (κ3) is 9.57. The van der Waals surface area contributed by atoms with Crippen molar-refractivity contribution in [1.82, 2.24) is 19.6 Å². The first-order valence-corrected chi connectivity index (χ1v) is 18.4. The molecule has 2 N–H and O–H groups in total. The fourth-order valence-electron chi connectivity index (χ4n) is 5.61. The zero-order valence-electron chi connectivity index (χ0n) is 30.9. The molecule has 0 aliphatic carbocycles. The van der Waals surface area contributed by atoms with Gasteiger partial charge in [-0.3, -0.25) is 19.4 Å². The lowest BCUT2D eigenvalue weighted by atomic mass is 9.86. The molecule has 11 nitrogen and oxygen atoms in total. The molecule has 2 amide bonds. The van der Waals surface area contributed by atoms with Gasteiger partial charge in [-0.25, -0.2) is 4.68 Å². The summed E-state index contributed by atoms with van der Waals surface area (Å²) in [4.78, 5) is 44.9. The average Bonchev–Trinajstić information content (AvgIpc) is 3.69. The number of para-hydroxylation sites is 2. The summed E-state index contributed by atoms with van der Waals surface area (Å²) in [6, 6.07) is 24.9. The van der Waals surface area contributed by atoms with Crippen molar-refractivity contribution >= 4 is 73.2 Å². The molecular formula is C40H44ClN7O4S. The predicted octanol–water partition coefficient (Wildman–Crippen LogP) is 8.06. The standard InChI is InChI=1S/C31H34ClN5O4.C9H10N2S/c1-19-12-15-26(20(2)17-19)41-16-8-11-27(38)33-21-13-14-22(32)24(18-21)34-30(40)28(29(39)31(3,4)5)37-25-10-7-6-9-23(25)35-36-37;1-10-9-11(2)7-5-3-4-6-8(7)12-9/h6-7,9-10,12-15,17-18,28H,8,11,16H2,1-5H3,(H,33,38)(H,34,40);3-6H,1-2H3. The number of carbonyl (C=O) groups excluding carboxylic acids is 3. The minimum Gasteiger partial charge on any atom is -0.493 e. The summed E-state index contributed by atoms with van der Waals surface area (Å²) in [6.45, 7) is 9.64. The van der Waals surface area contributed by atoms with Gasteiger partial charge in [0.25, 0.3) is 5.91 Å². The molecule has 0 aliphatic heterocycles. The molecule has 0 saturated heterocycles. The SMILES string of the molecule is CN=c1sc2ccccc2n1C.Cc1ccc(OCCCC(=O)Nc2ccc(Cl)c(NC(=O)C(C(=O)C(C)(C)C)n3nnc4ccccc43)c2)c(C)c1. The molecule has 2 heterocycles. The number of benzene rings is 4. The average molecular weight is 754 g/mol. The van der Waals surface area contributed by atoms with Crippen LogP contribution in [0.5, 0.6) is 5.75 Å². The van der Waals surface area contributed by atoms with Crippen LogP contribution in [0, 0.1) is 19.3 Å². The van der Waals surface area contributed by atoms with E-state index in [9.17, 15) is 14.4 Å². The van der Waals surface area contributed by atoms with E-state index in [2.05, 4.69) is 54.8 Å². The largest absolute Gasteiger partial charge is 0.493 e. The highest BCUT2D eigenvalue weighted by molar-refractivity contribution is 7.16. The molecule has 6 aromatic rings. The number of anilines is 2. The molecule has 13 heteroatoms. The summed E-state index contributed by atoms with van der Waals surface area (Å²) in [6.07, 6.45) is 0.773. The number of thiazole rings is 1. The van der Waals surface area contributed by atoms with Gasteiger partial charge in [-0.1, -0.05) is 90.9 Å². The molecule has 6 rings (SSSR count). The highest BCUT2D eigenvalue weighted by Gasteiger charge is 2.38. The van der Waals surface area contributed by atoms with E-state index < -0.39 is 17.4 Å². The van der Waals surface area contributed by atoms with Crippen LogP contribution in [0.3, 0.4) is 0 Å². The van der Waals surface area contributed by atoms with Crippen molar-refractivity contribution in [2.45, 2.75) is 53.5 Å². The molecule has 2 aromatic heterocycles. The fourth-order valence-corrected chi connectivity index (χ4v) is 6.76. The number of ketones is 1. The number of carbonyl (C=O) groups is 3. The van der Waals surface area contributed by atoms with Crippen LogP contribution in [0.1, 0.15) is 50.8 Å². The number of nitrogens with one attached hydrogen (secondary N) is 2. The van der Waals surface area contributed by atoms with Crippen molar-refractivity contribution in [2.75, 3.05) is 24.3 Å². The van der Waals surface area contributed by atoms with Crippen LogP contribution >= 0.6 is 22.9 Å². The third-order valence-electron chi connectivity index (χ3n) is 8.41. The van der Waals surface area contributed by atoms with Gasteiger partial charge in [0.1, 0.15) is 11.3 Å². The minimum absolute atomic E-state index is 0.205. The maximum absolute atomic E-state index is 13.6. The number of fused-ring (bicyclic) bond motifs is 2. The second-order valence-electron chi connectivity index (χ2n) is 13.6. The van der Waals surface area contributed by atoms with Crippen molar-refractivity contribution in [1.29, 1.82) is 0 Å². The second-order valence-corrected chi connectivity index (χ2v) is 15.0. The zero-order chi connectivity index (χ0) is 38.3. The molecule has 0 fully saturated rings. The van der Waals surface area contributed by atoms with Gasteiger partial charge in [0, 0.05) is 31.6 Å². The number of hydrogen-bond donors (Lipinski definition) is 2. The van der Waals surface area contributed by atoms with Crippen LogP contribution in [0.15, 0.2) is 89.9 Å². The van der Waals surface area contributed by atoms with Gasteiger partial charge in [-0.15, -0.1) is 5.10 Å². The Hall–Kier alpha value is -5.33. The van der Waals surface area contributed by atoms with E-state index in [0.717, 1.165) is 21.7 Å². The van der Waals surface area contributed by atoms with Crippen molar-refractivity contribution < 1.29 is 19.1 Å². The molecule has 0 bridgehead atoms. The van der Waals surface area contributed by atoms with E-state index >= 15 is 0 Å². The first-order chi connectivity index (χ1) is 25.3. The number of aryl methyl sites for hydroxylation is 3. The van der Waals surface area contributed by atoms with Crippen LogP contribution in [-0.4, -0.2) is 50.8 Å². The maximum Gasteiger partial charge on any atom is 0.257 e. The molecule has 4 aromatic carbocycles. The maximum atomic E-state index is 13.6.